The van der Waals surface area contributed by atoms with Gasteiger partial charge >= 0.3 is 5.97 Å². The zero-order chi connectivity index (χ0) is 31.8. The summed E-state index contributed by atoms with van der Waals surface area (Å²) in [6, 6.07) is -3.31. The lowest BCUT2D eigenvalue weighted by molar-refractivity contribution is -0.181. The van der Waals surface area contributed by atoms with E-state index in [2.05, 4.69) is 16.0 Å². The van der Waals surface area contributed by atoms with Gasteiger partial charge in [-0.3, -0.25) is 24.0 Å². The van der Waals surface area contributed by atoms with E-state index >= 15 is 0 Å². The Morgan fingerprint density at radius 2 is 1.30 bits per heavy atom. The third-order valence-electron chi connectivity index (χ3n) is 7.45. The van der Waals surface area contributed by atoms with Crippen LogP contribution in [0.5, 0.6) is 0 Å². The monoisotopic (exact) mass is 573 g/mol. The fourth-order valence-electron chi connectivity index (χ4n) is 4.43. The van der Waals surface area contributed by atoms with E-state index < -0.39 is 82.7 Å². The van der Waals surface area contributed by atoms with E-state index in [4.69, 9.17) is 0 Å². The molecule has 0 radical (unpaired) electrons. The highest BCUT2D eigenvalue weighted by Crippen LogP contribution is 2.30. The van der Waals surface area contributed by atoms with Crippen LogP contribution in [0.3, 0.4) is 0 Å². The molecule has 0 rings (SSSR count). The van der Waals surface area contributed by atoms with Crippen LogP contribution in [-0.2, 0) is 28.8 Å². The quantitative estimate of drug-likeness (QED) is 0.0851. The third-order valence-corrected chi connectivity index (χ3v) is 7.45. The van der Waals surface area contributed by atoms with Crippen molar-refractivity contribution < 1.29 is 49.2 Å². The average molecular weight is 574 g/mol. The number of hydrogen-bond acceptors (Lipinski definition) is 12. The molecule has 7 atom stereocenters. The first-order valence-corrected chi connectivity index (χ1v) is 13.3. The Morgan fingerprint density at radius 1 is 0.775 bits per heavy atom. The molecule has 0 aliphatic carbocycles. The van der Waals surface area contributed by atoms with Gasteiger partial charge in [0.25, 0.3) is 0 Å². The SMILES string of the molecule is CCC(C)[C@@H](NC)C(=O)CC(O)(C(=O)O)C(=O)C(O)(CC(=O)C(C)(O)C(=O)[C@@H](CC(C)C)NC)C(=O)[C@@H](C)NC. The molecule has 7 N–H and O–H groups in total. The average Bonchev–Trinajstić information content (AvgIpc) is 2.89. The third kappa shape index (κ3) is 8.30. The topological polar surface area (TPSA) is 219 Å². The molecular weight excluding hydrogens is 526 g/mol. The molecule has 0 aromatic carbocycles. The first-order valence-electron chi connectivity index (χ1n) is 13.3. The summed E-state index contributed by atoms with van der Waals surface area (Å²) in [6.45, 7) is 9.11. The normalized spacial score (nSPS) is 19.3. The van der Waals surface area contributed by atoms with E-state index in [0.717, 1.165) is 6.92 Å². The van der Waals surface area contributed by atoms with Crippen LogP contribution in [0.1, 0.15) is 67.2 Å². The van der Waals surface area contributed by atoms with Crippen molar-refractivity contribution in [2.24, 2.45) is 11.8 Å². The van der Waals surface area contributed by atoms with E-state index in [1.165, 1.54) is 28.1 Å². The van der Waals surface area contributed by atoms with Gasteiger partial charge in [0.15, 0.2) is 34.3 Å². The Hall–Kier alpha value is -2.42. The molecular formula is C27H47N3O10. The van der Waals surface area contributed by atoms with Gasteiger partial charge in [0.05, 0.1) is 31.0 Å². The van der Waals surface area contributed by atoms with Gasteiger partial charge in [-0.25, -0.2) is 4.79 Å². The van der Waals surface area contributed by atoms with Crippen LogP contribution in [0.2, 0.25) is 0 Å². The van der Waals surface area contributed by atoms with Crippen LogP contribution < -0.4 is 16.0 Å². The fourth-order valence-corrected chi connectivity index (χ4v) is 4.43. The molecule has 0 spiro atoms. The molecule has 0 heterocycles. The van der Waals surface area contributed by atoms with Gasteiger partial charge in [-0.05, 0) is 53.2 Å². The summed E-state index contributed by atoms with van der Waals surface area (Å²) in [6.07, 6.45) is -2.14. The van der Waals surface area contributed by atoms with E-state index in [-0.39, 0.29) is 18.3 Å². The van der Waals surface area contributed by atoms with Crippen LogP contribution in [-0.4, -0.2) is 111 Å². The van der Waals surface area contributed by atoms with Crippen LogP contribution in [0, 0.1) is 11.8 Å². The standard InChI is InChI=1S/C27H47N3O10/c1-10-15(4)20(30-9)18(31)12-27(40,24(36)37)23(35)26(39,21(33)16(5)28-7)13-19(32)25(6,38)22(34)17(29-8)11-14(2)3/h14-17,20,28-30,38-40H,10-13H2,1-9H3,(H,36,37)/t15?,16-,17-,20-,25?,26?,27?/m1/s1. The number of carbonyl (C=O) groups is 6. The summed E-state index contributed by atoms with van der Waals surface area (Å²) in [5.41, 5.74) is -9.93. The van der Waals surface area contributed by atoms with Crippen molar-refractivity contribution in [2.45, 2.75) is 102 Å². The molecule has 230 valence electrons. The summed E-state index contributed by atoms with van der Waals surface area (Å²) in [5, 5.41) is 51.0. The van der Waals surface area contributed by atoms with Crippen molar-refractivity contribution in [3.8, 4) is 0 Å². The first-order chi connectivity index (χ1) is 18.2. The Labute approximate surface area is 235 Å². The number of carbonyl (C=O) groups excluding carboxylic acids is 5. The molecule has 0 aliphatic heterocycles. The highest BCUT2D eigenvalue weighted by Gasteiger charge is 2.61. The second kappa shape index (κ2) is 15.0. The predicted molar refractivity (Wildman–Crippen MR) is 146 cm³/mol. The maximum atomic E-state index is 13.6. The summed E-state index contributed by atoms with van der Waals surface area (Å²) >= 11 is 0. The summed E-state index contributed by atoms with van der Waals surface area (Å²) in [7, 11) is 4.15. The molecule has 13 heteroatoms. The van der Waals surface area contributed by atoms with Gasteiger partial charge in [0.1, 0.15) is 0 Å². The summed E-state index contributed by atoms with van der Waals surface area (Å²) < 4.78 is 0. The molecule has 4 unspecified atom stereocenters. The van der Waals surface area contributed by atoms with Gasteiger partial charge < -0.3 is 36.4 Å². The van der Waals surface area contributed by atoms with Crippen LogP contribution >= 0.6 is 0 Å². The number of aliphatic carboxylic acids is 1. The molecule has 0 saturated carbocycles. The molecule has 13 nitrogen and oxygen atoms in total. The van der Waals surface area contributed by atoms with Crippen molar-refractivity contribution in [1.29, 1.82) is 0 Å². The molecule has 0 bridgehead atoms. The minimum Gasteiger partial charge on any atom is -0.479 e. The van der Waals surface area contributed by atoms with Gasteiger partial charge in [0, 0.05) is 0 Å². The van der Waals surface area contributed by atoms with Gasteiger partial charge in [-0.2, -0.15) is 0 Å². The van der Waals surface area contributed by atoms with E-state index in [1.807, 2.05) is 0 Å². The van der Waals surface area contributed by atoms with Crippen LogP contribution in [0.4, 0.5) is 0 Å². The maximum Gasteiger partial charge on any atom is 0.344 e. The summed E-state index contributed by atoms with van der Waals surface area (Å²) in [4.78, 5) is 78.3. The molecule has 0 fully saturated rings. The number of carboxylic acids is 1. The number of hydrogen-bond donors (Lipinski definition) is 7. The lowest BCUT2D eigenvalue weighted by atomic mass is 9.72. The van der Waals surface area contributed by atoms with Crippen molar-refractivity contribution in [3.63, 3.8) is 0 Å². The molecule has 0 aliphatic rings. The maximum absolute atomic E-state index is 13.6. The largest absolute Gasteiger partial charge is 0.479 e. The summed E-state index contributed by atoms with van der Waals surface area (Å²) in [5.74, 6) is -9.35. The highest BCUT2D eigenvalue weighted by molar-refractivity contribution is 6.25. The van der Waals surface area contributed by atoms with Crippen LogP contribution in [0.25, 0.3) is 0 Å². The van der Waals surface area contributed by atoms with Gasteiger partial charge in [0.2, 0.25) is 11.4 Å². The minimum atomic E-state index is -3.61. The Bertz CT molecular complexity index is 966. The van der Waals surface area contributed by atoms with Crippen LogP contribution in [0.15, 0.2) is 0 Å². The van der Waals surface area contributed by atoms with Crippen molar-refractivity contribution >= 4 is 34.9 Å². The number of aliphatic hydroxyl groups is 3. The van der Waals surface area contributed by atoms with E-state index in [1.54, 1.807) is 27.7 Å². The molecule has 0 aromatic rings. The second-order valence-electron chi connectivity index (χ2n) is 11.0. The minimum absolute atomic E-state index is 0.0242. The molecule has 0 saturated heterocycles. The lowest BCUT2D eigenvalue weighted by Gasteiger charge is -2.35. The van der Waals surface area contributed by atoms with E-state index in [0.29, 0.717) is 6.42 Å². The van der Waals surface area contributed by atoms with Gasteiger partial charge in [-0.1, -0.05) is 34.1 Å². The fraction of sp³-hybridized carbons (Fsp3) is 0.778. The molecule has 0 amide bonds. The second-order valence-corrected chi connectivity index (χ2v) is 11.0. The first kappa shape index (κ1) is 37.6. The molecule has 0 aromatic heterocycles. The van der Waals surface area contributed by atoms with Crippen molar-refractivity contribution in [2.75, 3.05) is 21.1 Å². The number of likely N-dealkylation sites (N-methyl/N-ethyl adjacent to an activating group) is 3. The Balaban J connectivity index is 6.75. The smallest absolute Gasteiger partial charge is 0.344 e. The van der Waals surface area contributed by atoms with Crippen molar-refractivity contribution in [1.82, 2.24) is 16.0 Å². The predicted octanol–water partition coefficient (Wildman–Crippen LogP) is -1.21. The number of rotatable bonds is 20. The highest BCUT2D eigenvalue weighted by atomic mass is 16.4. The number of ketones is 5. The molecule has 40 heavy (non-hydrogen) atoms. The lowest BCUT2D eigenvalue weighted by Crippen LogP contribution is -2.66. The zero-order valence-corrected chi connectivity index (χ0v) is 25.0. The number of carboxylic acid groups (broad SMARTS) is 1. The number of nitrogens with one attached hydrogen (secondary N) is 3. The Morgan fingerprint density at radius 3 is 1.68 bits per heavy atom. The number of Topliss-reactive ketones (excluding diaryl/α,β-unsaturated/α-hetero) is 5. The zero-order valence-electron chi connectivity index (χ0n) is 25.0. The van der Waals surface area contributed by atoms with E-state index in [9.17, 15) is 49.2 Å². The van der Waals surface area contributed by atoms with Gasteiger partial charge in [-0.15, -0.1) is 0 Å². The Kier molecular flexibility index (Phi) is 14.1. The van der Waals surface area contributed by atoms with Crippen molar-refractivity contribution in [3.05, 3.63) is 0 Å².